The Hall–Kier alpha value is -2.06. The van der Waals surface area contributed by atoms with Gasteiger partial charge in [-0.15, -0.1) is 0 Å². The Balaban J connectivity index is 3.34. The van der Waals surface area contributed by atoms with E-state index in [4.69, 9.17) is 15.9 Å². The first kappa shape index (κ1) is 11.0. The number of benzene rings is 1. The van der Waals surface area contributed by atoms with E-state index in [9.17, 15) is 9.18 Å². The summed E-state index contributed by atoms with van der Waals surface area (Å²) in [6.45, 7) is -0.404. The van der Waals surface area contributed by atoms with Crippen LogP contribution in [0.4, 0.5) is 10.1 Å². The number of anilines is 1. The molecule has 0 amide bonds. The predicted molar refractivity (Wildman–Crippen MR) is 51.7 cm³/mol. The van der Waals surface area contributed by atoms with E-state index in [-0.39, 0.29) is 16.8 Å². The van der Waals surface area contributed by atoms with Gasteiger partial charge in [-0.1, -0.05) is 11.8 Å². The van der Waals surface area contributed by atoms with Crippen molar-refractivity contribution >= 4 is 11.7 Å². The molecule has 0 aliphatic rings. The van der Waals surface area contributed by atoms with Crippen molar-refractivity contribution in [1.29, 1.82) is 0 Å². The molecule has 1 rings (SSSR count). The number of carbonyl (C=O) groups is 1. The molecule has 0 aliphatic heterocycles. The van der Waals surface area contributed by atoms with Crippen LogP contribution in [0.2, 0.25) is 0 Å². The summed E-state index contributed by atoms with van der Waals surface area (Å²) in [6, 6.07) is 1.84. The lowest BCUT2D eigenvalue weighted by Crippen LogP contribution is -2.05. The monoisotopic (exact) mass is 209 g/mol. The van der Waals surface area contributed by atoms with Crippen LogP contribution in [0.5, 0.6) is 0 Å². The summed E-state index contributed by atoms with van der Waals surface area (Å²) in [4.78, 5) is 10.7. The quantitative estimate of drug-likeness (QED) is 0.463. The van der Waals surface area contributed by atoms with Crippen molar-refractivity contribution in [2.24, 2.45) is 0 Å². The number of nitrogens with two attached hydrogens (primary N) is 1. The minimum absolute atomic E-state index is 0.0569. The van der Waals surface area contributed by atoms with Crippen LogP contribution >= 0.6 is 0 Å². The lowest BCUT2D eigenvalue weighted by molar-refractivity contribution is 0.0697. The Kier molecular flexibility index (Phi) is 3.26. The van der Waals surface area contributed by atoms with Gasteiger partial charge < -0.3 is 15.9 Å². The van der Waals surface area contributed by atoms with Gasteiger partial charge in [0.05, 0.1) is 16.8 Å². The number of aliphatic hydroxyl groups excluding tert-OH is 1. The molecule has 0 spiro atoms. The molecule has 0 saturated heterocycles. The lowest BCUT2D eigenvalue weighted by Gasteiger charge is -2.03. The fourth-order valence-electron chi connectivity index (χ4n) is 1.03. The van der Waals surface area contributed by atoms with E-state index >= 15 is 0 Å². The number of nitrogen functional groups attached to an aromatic ring is 1. The largest absolute Gasteiger partial charge is 0.478 e. The van der Waals surface area contributed by atoms with Crippen molar-refractivity contribution in [3.63, 3.8) is 0 Å². The average Bonchev–Trinajstić information content (AvgIpc) is 2.18. The molecular formula is C10H8FNO3. The minimum atomic E-state index is -1.32. The highest BCUT2D eigenvalue weighted by Gasteiger charge is 2.12. The molecule has 4 N–H and O–H groups in total. The van der Waals surface area contributed by atoms with Gasteiger partial charge in [0, 0.05) is 0 Å². The van der Waals surface area contributed by atoms with Gasteiger partial charge in [0.2, 0.25) is 0 Å². The summed E-state index contributed by atoms with van der Waals surface area (Å²) in [5.74, 6) is 2.58. The van der Waals surface area contributed by atoms with Gasteiger partial charge >= 0.3 is 5.97 Å². The molecule has 0 heterocycles. The van der Waals surface area contributed by atoms with E-state index in [0.717, 1.165) is 12.1 Å². The third kappa shape index (κ3) is 2.45. The van der Waals surface area contributed by atoms with Crippen molar-refractivity contribution in [3.05, 3.63) is 29.1 Å². The maximum Gasteiger partial charge on any atom is 0.337 e. The summed E-state index contributed by atoms with van der Waals surface area (Å²) in [5, 5.41) is 17.1. The molecule has 0 unspecified atom stereocenters. The number of carboxylic acid groups (broad SMARTS) is 1. The van der Waals surface area contributed by atoms with Crippen LogP contribution in [-0.4, -0.2) is 22.8 Å². The second kappa shape index (κ2) is 4.44. The van der Waals surface area contributed by atoms with E-state index in [1.165, 1.54) is 0 Å². The first-order valence-corrected chi connectivity index (χ1v) is 3.98. The van der Waals surface area contributed by atoms with Gasteiger partial charge in [-0.3, -0.25) is 0 Å². The summed E-state index contributed by atoms with van der Waals surface area (Å²) < 4.78 is 12.9. The van der Waals surface area contributed by atoms with Gasteiger partial charge in [0.25, 0.3) is 0 Å². The second-order valence-corrected chi connectivity index (χ2v) is 2.68. The zero-order valence-electron chi connectivity index (χ0n) is 7.62. The van der Waals surface area contributed by atoms with Gasteiger partial charge in [0.1, 0.15) is 12.4 Å². The van der Waals surface area contributed by atoms with Crippen LogP contribution in [0, 0.1) is 17.7 Å². The van der Waals surface area contributed by atoms with Crippen molar-refractivity contribution in [2.45, 2.75) is 0 Å². The van der Waals surface area contributed by atoms with E-state index in [0.29, 0.717) is 0 Å². The maximum absolute atomic E-state index is 12.9. The molecule has 4 nitrogen and oxygen atoms in total. The van der Waals surface area contributed by atoms with Crippen LogP contribution in [0.1, 0.15) is 15.9 Å². The predicted octanol–water partition coefficient (Wildman–Crippen LogP) is 0.450. The molecule has 0 radical (unpaired) electrons. The molecular weight excluding hydrogens is 201 g/mol. The van der Waals surface area contributed by atoms with Gasteiger partial charge in [0.15, 0.2) is 0 Å². The molecule has 15 heavy (non-hydrogen) atoms. The van der Waals surface area contributed by atoms with Crippen LogP contribution in [-0.2, 0) is 0 Å². The van der Waals surface area contributed by atoms with Crippen molar-refractivity contribution in [1.82, 2.24) is 0 Å². The Labute approximate surface area is 85.1 Å². The smallest absolute Gasteiger partial charge is 0.337 e. The number of aliphatic hydroxyl groups is 1. The zero-order chi connectivity index (χ0) is 11.4. The molecule has 0 aromatic heterocycles. The Morgan fingerprint density at radius 2 is 2.20 bits per heavy atom. The van der Waals surface area contributed by atoms with E-state index in [2.05, 4.69) is 11.8 Å². The van der Waals surface area contributed by atoms with E-state index in [1.807, 2.05) is 0 Å². The minimum Gasteiger partial charge on any atom is -0.478 e. The van der Waals surface area contributed by atoms with Gasteiger partial charge in [-0.2, -0.15) is 0 Å². The molecule has 5 heteroatoms. The van der Waals surface area contributed by atoms with Gasteiger partial charge in [-0.25, -0.2) is 9.18 Å². The highest BCUT2D eigenvalue weighted by atomic mass is 19.1. The average molecular weight is 209 g/mol. The first-order chi connectivity index (χ1) is 7.06. The number of hydrogen-bond acceptors (Lipinski definition) is 3. The third-order valence-electron chi connectivity index (χ3n) is 1.68. The van der Waals surface area contributed by atoms with Gasteiger partial charge in [-0.05, 0) is 12.1 Å². The number of halogens is 1. The van der Waals surface area contributed by atoms with Crippen molar-refractivity contribution in [3.8, 4) is 11.8 Å². The fraction of sp³-hybridized carbons (Fsp3) is 0.100. The molecule has 0 atom stereocenters. The third-order valence-corrected chi connectivity index (χ3v) is 1.68. The number of hydrogen-bond donors (Lipinski definition) is 3. The Morgan fingerprint density at radius 3 is 2.73 bits per heavy atom. The number of carboxylic acids is 1. The Morgan fingerprint density at radius 1 is 1.53 bits per heavy atom. The second-order valence-electron chi connectivity index (χ2n) is 2.68. The highest BCUT2D eigenvalue weighted by molar-refractivity contribution is 5.95. The maximum atomic E-state index is 12.9. The van der Waals surface area contributed by atoms with Crippen LogP contribution in [0.3, 0.4) is 0 Å². The highest BCUT2D eigenvalue weighted by Crippen LogP contribution is 2.18. The standard InChI is InChI=1S/C10H8FNO3/c11-7-4-6(2-1-3-13)9(12)8(5-7)10(14)15/h4-5,13H,3,12H2,(H,14,15). The number of rotatable bonds is 1. The summed E-state index contributed by atoms with van der Waals surface area (Å²) in [6.07, 6.45) is 0. The molecule has 1 aromatic carbocycles. The lowest BCUT2D eigenvalue weighted by atomic mass is 10.1. The van der Waals surface area contributed by atoms with Crippen molar-refractivity contribution < 1.29 is 19.4 Å². The van der Waals surface area contributed by atoms with Crippen LogP contribution in [0.15, 0.2) is 12.1 Å². The SMILES string of the molecule is Nc1c(C#CCO)cc(F)cc1C(=O)O. The summed E-state index contributed by atoms with van der Waals surface area (Å²) >= 11 is 0. The molecule has 0 fully saturated rings. The normalized spacial score (nSPS) is 9.20. The zero-order valence-corrected chi connectivity index (χ0v) is 7.62. The van der Waals surface area contributed by atoms with E-state index < -0.39 is 18.4 Å². The fourth-order valence-corrected chi connectivity index (χ4v) is 1.03. The topological polar surface area (TPSA) is 83.5 Å². The summed E-state index contributed by atoms with van der Waals surface area (Å²) in [7, 11) is 0. The Bertz CT molecular complexity index is 460. The molecule has 1 aromatic rings. The number of aromatic carboxylic acids is 1. The molecule has 78 valence electrons. The van der Waals surface area contributed by atoms with Crippen molar-refractivity contribution in [2.75, 3.05) is 12.3 Å². The summed E-state index contributed by atoms with van der Waals surface area (Å²) in [5.41, 5.74) is 5.08. The molecule has 0 saturated carbocycles. The van der Waals surface area contributed by atoms with Crippen LogP contribution in [0.25, 0.3) is 0 Å². The first-order valence-electron chi connectivity index (χ1n) is 3.98. The van der Waals surface area contributed by atoms with Crippen LogP contribution < -0.4 is 5.73 Å². The van der Waals surface area contributed by atoms with E-state index in [1.54, 1.807) is 0 Å². The molecule has 0 bridgehead atoms. The molecule has 0 aliphatic carbocycles.